The van der Waals surface area contributed by atoms with Crippen molar-refractivity contribution in [2.45, 2.75) is 11.5 Å². The van der Waals surface area contributed by atoms with Crippen LogP contribution in [0.5, 0.6) is 0 Å². The Morgan fingerprint density at radius 1 is 1.47 bits per heavy atom. The van der Waals surface area contributed by atoms with Crippen molar-refractivity contribution in [3.8, 4) is 0 Å². The summed E-state index contributed by atoms with van der Waals surface area (Å²) in [6.45, 7) is 0. The van der Waals surface area contributed by atoms with E-state index in [0.717, 1.165) is 0 Å². The number of rotatable bonds is 2. The van der Waals surface area contributed by atoms with E-state index in [2.05, 4.69) is 20.9 Å². The molecule has 0 saturated heterocycles. The Hall–Kier alpha value is -0.340. The molecule has 9 heteroatoms. The Balaban J connectivity index is 3.62. The summed E-state index contributed by atoms with van der Waals surface area (Å²) in [5, 5.41) is -1.05. The van der Waals surface area contributed by atoms with Gasteiger partial charge in [-0.1, -0.05) is 0 Å². The smallest absolute Gasteiger partial charge is 0.240 e. The summed E-state index contributed by atoms with van der Waals surface area (Å²) in [5.74, 6) is -1.09. The van der Waals surface area contributed by atoms with E-state index in [4.69, 9.17) is 10.7 Å². The molecule has 84 valence electrons. The Bertz CT molecular complexity index is 493. The summed E-state index contributed by atoms with van der Waals surface area (Å²) in [6.07, 6.45) is -2.71. The highest BCUT2D eigenvalue weighted by Gasteiger charge is 2.27. The van der Waals surface area contributed by atoms with Crippen LogP contribution in [0.4, 0.5) is 13.2 Å². The van der Waals surface area contributed by atoms with Crippen LogP contribution < -0.4 is 0 Å². The fraction of sp³-hybridized carbons (Fsp3) is 0.167. The topological polar surface area (TPSA) is 47.0 Å². The van der Waals surface area contributed by atoms with Crippen molar-refractivity contribution in [2.24, 2.45) is 0 Å². The van der Waals surface area contributed by atoms with Crippen molar-refractivity contribution < 1.29 is 21.6 Å². The maximum absolute atomic E-state index is 12.8. The van der Waals surface area contributed by atoms with Crippen molar-refractivity contribution in [1.82, 2.24) is 4.98 Å². The van der Waals surface area contributed by atoms with E-state index in [1.807, 2.05) is 0 Å². The van der Waals surface area contributed by atoms with Crippen molar-refractivity contribution in [1.29, 1.82) is 0 Å². The van der Waals surface area contributed by atoms with Crippen molar-refractivity contribution >= 4 is 35.7 Å². The molecule has 0 aliphatic heterocycles. The summed E-state index contributed by atoms with van der Waals surface area (Å²) >= 11 is 2.51. The van der Waals surface area contributed by atoms with Gasteiger partial charge in [0.25, 0.3) is 15.5 Å². The first-order valence-electron chi connectivity index (χ1n) is 3.32. The standard InChI is InChI=1S/C6H2BrClF3NO2S/c7-4-2(9)1-12-6(15(8,13)14)3(4)5(10)11/h1,5H. The molecule has 1 heterocycles. The molecule has 1 aromatic heterocycles. The van der Waals surface area contributed by atoms with Crippen LogP contribution in [0.25, 0.3) is 0 Å². The lowest BCUT2D eigenvalue weighted by atomic mass is 10.3. The zero-order valence-corrected chi connectivity index (χ0v) is 9.87. The second-order valence-corrected chi connectivity index (χ2v) is 5.65. The van der Waals surface area contributed by atoms with Crippen molar-refractivity contribution in [3.63, 3.8) is 0 Å². The first kappa shape index (κ1) is 12.7. The third-order valence-corrected chi connectivity index (χ3v) is 3.45. The molecular formula is C6H2BrClF3NO2S. The second kappa shape index (κ2) is 4.26. The van der Waals surface area contributed by atoms with Crippen LogP contribution in [0.2, 0.25) is 0 Å². The molecule has 0 saturated carbocycles. The van der Waals surface area contributed by atoms with Crippen LogP contribution >= 0.6 is 26.6 Å². The van der Waals surface area contributed by atoms with Gasteiger partial charge in [-0.3, -0.25) is 0 Å². The fourth-order valence-corrected chi connectivity index (χ4v) is 2.44. The average Bonchev–Trinajstić information content (AvgIpc) is 2.06. The molecule has 0 aromatic carbocycles. The Morgan fingerprint density at radius 3 is 2.40 bits per heavy atom. The molecule has 0 aliphatic carbocycles. The molecule has 0 unspecified atom stereocenters. The number of halogens is 5. The van der Waals surface area contributed by atoms with Crippen LogP contribution in [-0.2, 0) is 9.05 Å². The summed E-state index contributed by atoms with van der Waals surface area (Å²) in [4.78, 5) is 3.03. The number of hydrogen-bond donors (Lipinski definition) is 0. The van der Waals surface area contributed by atoms with Gasteiger partial charge in [0.2, 0.25) is 0 Å². The molecule has 0 spiro atoms. The minimum Gasteiger partial charge on any atom is -0.240 e. The highest BCUT2D eigenvalue weighted by atomic mass is 79.9. The van der Waals surface area contributed by atoms with Crippen LogP contribution in [0.1, 0.15) is 12.0 Å². The largest absolute Gasteiger partial charge is 0.279 e. The van der Waals surface area contributed by atoms with Gasteiger partial charge in [0.05, 0.1) is 16.2 Å². The Kier molecular flexibility index (Phi) is 3.62. The highest BCUT2D eigenvalue weighted by molar-refractivity contribution is 9.10. The van der Waals surface area contributed by atoms with Crippen LogP contribution in [0, 0.1) is 5.82 Å². The molecule has 15 heavy (non-hydrogen) atoms. The molecule has 1 aromatic rings. The van der Waals surface area contributed by atoms with Crippen LogP contribution in [0.3, 0.4) is 0 Å². The predicted octanol–water partition coefficient (Wildman–Crippen LogP) is 2.85. The van der Waals surface area contributed by atoms with Gasteiger partial charge in [-0.2, -0.15) is 0 Å². The minimum absolute atomic E-state index is 0.491. The lowest BCUT2D eigenvalue weighted by molar-refractivity contribution is 0.145. The van der Waals surface area contributed by atoms with Gasteiger partial charge in [-0.05, 0) is 15.9 Å². The van der Waals surface area contributed by atoms with E-state index >= 15 is 0 Å². The highest BCUT2D eigenvalue weighted by Crippen LogP contribution is 2.34. The number of aromatic nitrogens is 1. The zero-order valence-electron chi connectivity index (χ0n) is 6.72. The Morgan fingerprint density at radius 2 is 2.00 bits per heavy atom. The van der Waals surface area contributed by atoms with E-state index in [9.17, 15) is 21.6 Å². The monoisotopic (exact) mass is 323 g/mol. The van der Waals surface area contributed by atoms with Gasteiger partial charge in [-0.15, -0.1) is 0 Å². The molecule has 0 amide bonds. The number of alkyl halides is 2. The maximum Gasteiger partial charge on any atom is 0.279 e. The van der Waals surface area contributed by atoms with Gasteiger partial charge in [0.1, 0.15) is 0 Å². The van der Waals surface area contributed by atoms with E-state index < -0.39 is 36.4 Å². The summed E-state index contributed by atoms with van der Waals surface area (Å²) in [7, 11) is 0.432. The molecule has 0 bridgehead atoms. The van der Waals surface area contributed by atoms with Crippen LogP contribution in [0.15, 0.2) is 15.7 Å². The van der Waals surface area contributed by atoms with Gasteiger partial charge in [-0.25, -0.2) is 26.6 Å². The fourth-order valence-electron chi connectivity index (χ4n) is 0.847. The first-order chi connectivity index (χ1) is 6.75. The minimum atomic E-state index is -4.43. The van der Waals surface area contributed by atoms with E-state index in [1.54, 1.807) is 0 Å². The zero-order chi connectivity index (χ0) is 11.8. The predicted molar refractivity (Wildman–Crippen MR) is 49.9 cm³/mol. The van der Waals surface area contributed by atoms with Gasteiger partial charge in [0.15, 0.2) is 10.8 Å². The first-order valence-corrected chi connectivity index (χ1v) is 6.42. The third kappa shape index (κ3) is 2.61. The number of pyridine rings is 1. The number of hydrogen-bond acceptors (Lipinski definition) is 3. The average molecular weight is 325 g/mol. The van der Waals surface area contributed by atoms with E-state index in [0.29, 0.717) is 6.20 Å². The molecule has 1 rings (SSSR count). The summed E-state index contributed by atoms with van der Waals surface area (Å²) in [5.41, 5.74) is -1.08. The summed E-state index contributed by atoms with van der Waals surface area (Å²) < 4.78 is 58.7. The van der Waals surface area contributed by atoms with Crippen molar-refractivity contribution in [2.75, 3.05) is 0 Å². The molecular weight excluding hydrogens is 322 g/mol. The third-order valence-electron chi connectivity index (χ3n) is 1.42. The summed E-state index contributed by atoms with van der Waals surface area (Å²) in [6, 6.07) is 0. The van der Waals surface area contributed by atoms with E-state index in [-0.39, 0.29) is 0 Å². The quantitative estimate of drug-likeness (QED) is 0.786. The van der Waals surface area contributed by atoms with Gasteiger partial charge < -0.3 is 0 Å². The molecule has 0 N–H and O–H groups in total. The van der Waals surface area contributed by atoms with Crippen LogP contribution in [-0.4, -0.2) is 13.4 Å². The molecule has 0 atom stereocenters. The SMILES string of the molecule is O=S(=O)(Cl)c1ncc(F)c(Br)c1C(F)F. The van der Waals surface area contributed by atoms with Gasteiger partial charge >= 0.3 is 0 Å². The second-order valence-electron chi connectivity index (χ2n) is 2.38. The molecule has 0 fully saturated rings. The maximum atomic E-state index is 12.8. The Labute approximate surface area is 95.8 Å². The molecule has 0 aliphatic rings. The number of nitrogens with zero attached hydrogens (tertiary/aromatic N) is 1. The molecule has 3 nitrogen and oxygen atoms in total. The molecule has 0 radical (unpaired) electrons. The normalized spacial score (nSPS) is 12.1. The van der Waals surface area contributed by atoms with Gasteiger partial charge in [0, 0.05) is 10.7 Å². The van der Waals surface area contributed by atoms with E-state index in [1.165, 1.54) is 0 Å². The lowest BCUT2D eigenvalue weighted by Gasteiger charge is -2.07. The lowest BCUT2D eigenvalue weighted by Crippen LogP contribution is -2.04. The van der Waals surface area contributed by atoms with Crippen molar-refractivity contribution in [3.05, 3.63) is 22.1 Å².